The van der Waals surface area contributed by atoms with E-state index >= 15 is 0 Å². The number of hydrogen-bond acceptors (Lipinski definition) is 9. The number of carbonyl (C=O) groups is 5. The minimum Gasteiger partial charge on any atom is -0.463 e. The van der Waals surface area contributed by atoms with E-state index in [-0.39, 0.29) is 13.0 Å². The largest absolute Gasteiger partial charge is 0.463 e. The van der Waals surface area contributed by atoms with Crippen molar-refractivity contribution < 1.29 is 42.9 Å². The molecule has 1 saturated heterocycles. The first-order chi connectivity index (χ1) is 12.1. The lowest BCUT2D eigenvalue weighted by molar-refractivity contribution is -0.223. The first-order valence-electron chi connectivity index (χ1n) is 7.99. The predicted molar refractivity (Wildman–Crippen MR) is 84.7 cm³/mol. The third-order valence-corrected chi connectivity index (χ3v) is 3.55. The van der Waals surface area contributed by atoms with Crippen LogP contribution in [0.3, 0.4) is 0 Å². The molecular formula is C16H23NO9. The van der Waals surface area contributed by atoms with Gasteiger partial charge in [0.15, 0.2) is 12.2 Å². The molecule has 1 rings (SSSR count). The van der Waals surface area contributed by atoms with Crippen LogP contribution in [0.2, 0.25) is 0 Å². The van der Waals surface area contributed by atoms with Gasteiger partial charge in [-0.15, -0.1) is 0 Å². The second-order valence-corrected chi connectivity index (χ2v) is 5.79. The highest BCUT2D eigenvalue weighted by Crippen LogP contribution is 2.28. The van der Waals surface area contributed by atoms with Crippen molar-refractivity contribution in [3.05, 3.63) is 0 Å². The normalized spacial score (nSPS) is 27.8. The maximum atomic E-state index is 11.5. The molecule has 10 nitrogen and oxygen atoms in total. The summed E-state index contributed by atoms with van der Waals surface area (Å²) in [6, 6.07) is -0.931. The molecule has 0 aromatic carbocycles. The van der Waals surface area contributed by atoms with Gasteiger partial charge in [0.25, 0.3) is 0 Å². The Morgan fingerprint density at radius 2 is 1.50 bits per heavy atom. The van der Waals surface area contributed by atoms with Crippen molar-refractivity contribution in [1.82, 2.24) is 5.32 Å². The number of ether oxygens (including phenoxy) is 4. The van der Waals surface area contributed by atoms with E-state index in [0.717, 1.165) is 13.8 Å². The molecule has 1 aliphatic rings. The molecule has 0 aromatic heterocycles. The first-order valence-corrected chi connectivity index (χ1v) is 7.99. The third kappa shape index (κ3) is 6.43. The number of esters is 3. The molecule has 1 heterocycles. The molecular weight excluding hydrogens is 350 g/mol. The Kier molecular flexibility index (Phi) is 8.17. The highest BCUT2D eigenvalue weighted by Gasteiger charge is 2.50. The zero-order chi connectivity index (χ0) is 19.9. The van der Waals surface area contributed by atoms with Gasteiger partial charge in [0.1, 0.15) is 19.0 Å². The highest BCUT2D eigenvalue weighted by atomic mass is 16.6. The van der Waals surface area contributed by atoms with Crippen LogP contribution in [-0.2, 0) is 42.9 Å². The second kappa shape index (κ2) is 9.85. The SMILES string of the molecule is CC(=O)N[C@@H]1[C@@H](OC(C)=O)[C@@H](OC(C)=O)[C@@H](COC(C)=O)O[C@H]1CC=O. The fourth-order valence-electron chi connectivity index (χ4n) is 2.72. The standard InChI is InChI=1S/C16H23NO9/c1-8(19)17-14-12(5-6-18)26-13(7-23-9(2)20)15(24-10(3)21)16(14)25-11(4)22/h6,12-16H,5,7H2,1-4H3,(H,17,19)/t12-,13+,14-,15-,16+/m0/s1. The van der Waals surface area contributed by atoms with Crippen LogP contribution in [0.15, 0.2) is 0 Å². The summed E-state index contributed by atoms with van der Waals surface area (Å²) in [5, 5.41) is 2.56. The summed E-state index contributed by atoms with van der Waals surface area (Å²) in [7, 11) is 0. The monoisotopic (exact) mass is 373 g/mol. The van der Waals surface area contributed by atoms with Crippen LogP contribution < -0.4 is 5.32 Å². The lowest BCUT2D eigenvalue weighted by atomic mass is 9.90. The lowest BCUT2D eigenvalue weighted by Crippen LogP contribution is -2.66. The molecule has 0 unspecified atom stereocenters. The fraction of sp³-hybridized carbons (Fsp3) is 0.688. The number of amides is 1. The fourth-order valence-corrected chi connectivity index (χ4v) is 2.72. The Morgan fingerprint density at radius 3 is 1.96 bits per heavy atom. The number of carbonyl (C=O) groups excluding carboxylic acids is 5. The molecule has 1 fully saturated rings. The van der Waals surface area contributed by atoms with Crippen molar-refractivity contribution >= 4 is 30.1 Å². The minimum absolute atomic E-state index is 0.119. The Morgan fingerprint density at radius 1 is 0.923 bits per heavy atom. The second-order valence-electron chi connectivity index (χ2n) is 5.79. The van der Waals surface area contributed by atoms with Gasteiger partial charge in [-0.25, -0.2) is 0 Å². The van der Waals surface area contributed by atoms with E-state index in [1.807, 2.05) is 0 Å². The van der Waals surface area contributed by atoms with Gasteiger partial charge in [0.05, 0.1) is 12.1 Å². The number of nitrogens with one attached hydrogen (secondary N) is 1. The molecule has 1 N–H and O–H groups in total. The number of hydrogen-bond donors (Lipinski definition) is 1. The van der Waals surface area contributed by atoms with E-state index in [4.69, 9.17) is 18.9 Å². The summed E-state index contributed by atoms with van der Waals surface area (Å²) in [6.07, 6.45) is -3.66. The van der Waals surface area contributed by atoms with Crippen LogP contribution in [0, 0.1) is 0 Å². The van der Waals surface area contributed by atoms with Gasteiger partial charge in [-0.1, -0.05) is 0 Å². The maximum Gasteiger partial charge on any atom is 0.303 e. The van der Waals surface area contributed by atoms with Crippen LogP contribution in [0.4, 0.5) is 0 Å². The quantitative estimate of drug-likeness (QED) is 0.348. The molecule has 0 aliphatic carbocycles. The highest BCUT2D eigenvalue weighted by molar-refractivity contribution is 5.74. The Balaban J connectivity index is 3.24. The molecule has 0 aromatic rings. The van der Waals surface area contributed by atoms with Gasteiger partial charge in [-0.3, -0.25) is 19.2 Å². The van der Waals surface area contributed by atoms with Crippen molar-refractivity contribution in [3.63, 3.8) is 0 Å². The lowest BCUT2D eigenvalue weighted by Gasteiger charge is -2.45. The molecule has 26 heavy (non-hydrogen) atoms. The average molecular weight is 373 g/mol. The van der Waals surface area contributed by atoms with E-state index in [1.165, 1.54) is 13.8 Å². The Hall–Kier alpha value is -2.49. The van der Waals surface area contributed by atoms with Crippen molar-refractivity contribution in [2.75, 3.05) is 6.61 Å². The summed E-state index contributed by atoms with van der Waals surface area (Å²) in [5.41, 5.74) is 0. The van der Waals surface area contributed by atoms with Gasteiger partial charge < -0.3 is 29.1 Å². The third-order valence-electron chi connectivity index (χ3n) is 3.55. The molecule has 1 amide bonds. The molecule has 146 valence electrons. The van der Waals surface area contributed by atoms with E-state index in [0.29, 0.717) is 6.29 Å². The smallest absolute Gasteiger partial charge is 0.303 e. The van der Waals surface area contributed by atoms with Crippen molar-refractivity contribution in [1.29, 1.82) is 0 Å². The van der Waals surface area contributed by atoms with Gasteiger partial charge in [0, 0.05) is 34.1 Å². The van der Waals surface area contributed by atoms with Gasteiger partial charge in [-0.2, -0.15) is 0 Å². The molecule has 0 spiro atoms. The van der Waals surface area contributed by atoms with Crippen LogP contribution in [0.25, 0.3) is 0 Å². The van der Waals surface area contributed by atoms with E-state index in [2.05, 4.69) is 5.32 Å². The van der Waals surface area contributed by atoms with E-state index in [9.17, 15) is 24.0 Å². The van der Waals surface area contributed by atoms with Crippen LogP contribution >= 0.6 is 0 Å². The van der Waals surface area contributed by atoms with E-state index < -0.39 is 54.3 Å². The molecule has 0 saturated carbocycles. The summed E-state index contributed by atoms with van der Waals surface area (Å²) in [5.74, 6) is -2.40. The van der Waals surface area contributed by atoms with Crippen LogP contribution in [0.1, 0.15) is 34.1 Å². The Bertz CT molecular complexity index is 562. The average Bonchev–Trinajstić information content (AvgIpc) is 2.50. The maximum absolute atomic E-state index is 11.5. The minimum atomic E-state index is -1.14. The molecule has 0 radical (unpaired) electrons. The van der Waals surface area contributed by atoms with Crippen LogP contribution in [-0.4, -0.2) is 67.2 Å². The zero-order valence-corrected chi connectivity index (χ0v) is 15.1. The van der Waals surface area contributed by atoms with Gasteiger partial charge in [-0.05, 0) is 0 Å². The van der Waals surface area contributed by atoms with Gasteiger partial charge in [0.2, 0.25) is 5.91 Å². The number of rotatable bonds is 7. The van der Waals surface area contributed by atoms with Crippen LogP contribution in [0.5, 0.6) is 0 Å². The summed E-state index contributed by atoms with van der Waals surface area (Å²) < 4.78 is 21.1. The number of aldehydes is 1. The van der Waals surface area contributed by atoms with Crippen molar-refractivity contribution in [2.24, 2.45) is 0 Å². The Labute approximate surface area is 150 Å². The predicted octanol–water partition coefficient (Wildman–Crippen LogP) is -0.726. The molecule has 5 atom stereocenters. The summed E-state index contributed by atoms with van der Waals surface area (Å²) in [4.78, 5) is 56.7. The zero-order valence-electron chi connectivity index (χ0n) is 15.1. The van der Waals surface area contributed by atoms with Gasteiger partial charge >= 0.3 is 17.9 Å². The topological polar surface area (TPSA) is 134 Å². The molecule has 10 heteroatoms. The first kappa shape index (κ1) is 21.6. The summed E-state index contributed by atoms with van der Waals surface area (Å²) >= 11 is 0. The van der Waals surface area contributed by atoms with Crippen molar-refractivity contribution in [2.45, 2.75) is 64.6 Å². The van der Waals surface area contributed by atoms with Crippen molar-refractivity contribution in [3.8, 4) is 0 Å². The van der Waals surface area contributed by atoms with E-state index in [1.54, 1.807) is 0 Å². The molecule has 0 bridgehead atoms. The molecule has 1 aliphatic heterocycles. The summed E-state index contributed by atoms with van der Waals surface area (Å²) in [6.45, 7) is 4.46.